The number of nitrogens with zero attached hydrogens (tertiary/aromatic N) is 2. The van der Waals surface area contributed by atoms with E-state index in [4.69, 9.17) is 9.47 Å². The lowest BCUT2D eigenvalue weighted by Gasteiger charge is -2.23. The summed E-state index contributed by atoms with van der Waals surface area (Å²) in [7, 11) is 1.64. The molecule has 1 aromatic heterocycles. The summed E-state index contributed by atoms with van der Waals surface area (Å²) in [6, 6.07) is 12.5. The lowest BCUT2D eigenvalue weighted by atomic mass is 9.85. The zero-order valence-corrected chi connectivity index (χ0v) is 17.4. The molecule has 0 unspecified atom stereocenters. The largest absolute Gasteiger partial charge is 0.497 e. The molecule has 0 aliphatic carbocycles. The van der Waals surface area contributed by atoms with E-state index in [1.165, 1.54) is 12.1 Å². The molecular weight excluding hydrogens is 371 g/mol. The van der Waals surface area contributed by atoms with Crippen molar-refractivity contribution in [2.75, 3.05) is 13.7 Å². The second-order valence-corrected chi connectivity index (χ2v) is 7.92. The van der Waals surface area contributed by atoms with Crippen LogP contribution in [0.3, 0.4) is 0 Å². The molecule has 154 valence electrons. The quantitative estimate of drug-likeness (QED) is 0.514. The lowest BCUT2D eigenvalue weighted by molar-refractivity contribution is -0.145. The highest BCUT2D eigenvalue weighted by atomic mass is 19.1. The van der Waals surface area contributed by atoms with Crippen molar-refractivity contribution < 1.29 is 18.7 Å². The van der Waals surface area contributed by atoms with Crippen LogP contribution in [0.2, 0.25) is 0 Å². The zero-order chi connectivity index (χ0) is 21.0. The molecule has 5 nitrogen and oxygen atoms in total. The molecular formula is C23H27FN2O3. The Bertz CT molecular complexity index is 993. The lowest BCUT2D eigenvalue weighted by Crippen LogP contribution is -2.23. The van der Waals surface area contributed by atoms with E-state index in [1.807, 2.05) is 38.1 Å². The number of hydrogen-bond donors (Lipinski definition) is 0. The summed E-state index contributed by atoms with van der Waals surface area (Å²) < 4.78 is 26.2. The summed E-state index contributed by atoms with van der Waals surface area (Å²) >= 11 is 0. The van der Waals surface area contributed by atoms with Gasteiger partial charge < -0.3 is 14.0 Å². The molecule has 2 aromatic carbocycles. The molecule has 0 N–H and O–H groups in total. The minimum absolute atomic E-state index is 0.221. The first-order valence-corrected chi connectivity index (χ1v) is 9.74. The molecule has 0 radical (unpaired) electrons. The van der Waals surface area contributed by atoms with E-state index in [0.717, 1.165) is 22.7 Å². The number of aromatic nitrogens is 2. The van der Waals surface area contributed by atoms with Crippen molar-refractivity contribution >= 4 is 17.0 Å². The van der Waals surface area contributed by atoms with E-state index in [9.17, 15) is 9.18 Å². The van der Waals surface area contributed by atoms with Gasteiger partial charge in [-0.2, -0.15) is 0 Å². The Morgan fingerprint density at radius 3 is 2.55 bits per heavy atom. The molecule has 0 spiro atoms. The SMILES string of the molecule is CCOC(=O)CC(C)(C)Cc1nc2cc(F)ccc2n1Cc1ccc(OC)cc1. The first-order chi connectivity index (χ1) is 13.8. The Kier molecular flexibility index (Phi) is 6.20. The number of esters is 1. The summed E-state index contributed by atoms with van der Waals surface area (Å²) in [5.74, 6) is 1.07. The maximum atomic E-state index is 13.8. The number of halogens is 1. The third-order valence-corrected chi connectivity index (χ3v) is 4.85. The number of ether oxygens (including phenoxy) is 2. The van der Waals surface area contributed by atoms with E-state index < -0.39 is 0 Å². The van der Waals surface area contributed by atoms with Crippen LogP contribution in [0.4, 0.5) is 4.39 Å². The van der Waals surface area contributed by atoms with E-state index in [1.54, 1.807) is 20.1 Å². The van der Waals surface area contributed by atoms with Crippen molar-refractivity contribution in [3.8, 4) is 5.75 Å². The Labute approximate surface area is 170 Å². The Balaban J connectivity index is 1.94. The monoisotopic (exact) mass is 398 g/mol. The number of imidazole rings is 1. The molecule has 0 bridgehead atoms. The third-order valence-electron chi connectivity index (χ3n) is 4.85. The van der Waals surface area contributed by atoms with Crippen molar-refractivity contribution in [1.82, 2.24) is 9.55 Å². The standard InChI is InChI=1S/C23H27FN2O3/c1-5-29-22(27)14-23(2,3)13-21-25-19-12-17(24)8-11-20(19)26(21)15-16-6-9-18(28-4)10-7-16/h6-12H,5,13-15H2,1-4H3. The fourth-order valence-corrected chi connectivity index (χ4v) is 3.47. The molecule has 0 saturated carbocycles. The van der Waals surface area contributed by atoms with Crippen LogP contribution in [-0.2, 0) is 22.5 Å². The van der Waals surface area contributed by atoms with Crippen LogP contribution < -0.4 is 4.74 Å². The average molecular weight is 398 g/mol. The maximum Gasteiger partial charge on any atom is 0.306 e. The van der Waals surface area contributed by atoms with Crippen LogP contribution >= 0.6 is 0 Å². The summed E-state index contributed by atoms with van der Waals surface area (Å²) in [6.45, 7) is 6.79. The Hall–Kier alpha value is -2.89. The fraction of sp³-hybridized carbons (Fsp3) is 0.391. The van der Waals surface area contributed by atoms with Crippen LogP contribution in [0.25, 0.3) is 11.0 Å². The third kappa shape index (κ3) is 5.13. The molecule has 6 heteroatoms. The molecule has 0 aliphatic heterocycles. The number of benzene rings is 2. The van der Waals surface area contributed by atoms with E-state index in [0.29, 0.717) is 31.5 Å². The van der Waals surface area contributed by atoms with Crippen molar-refractivity contribution in [1.29, 1.82) is 0 Å². The summed E-state index contributed by atoms with van der Waals surface area (Å²) in [6.07, 6.45) is 0.860. The zero-order valence-electron chi connectivity index (χ0n) is 17.4. The normalized spacial score (nSPS) is 11.6. The highest BCUT2D eigenvalue weighted by Gasteiger charge is 2.26. The minimum atomic E-state index is -0.343. The van der Waals surface area contributed by atoms with Gasteiger partial charge in [0.2, 0.25) is 0 Å². The number of methoxy groups -OCH3 is 1. The number of hydrogen-bond acceptors (Lipinski definition) is 4. The smallest absolute Gasteiger partial charge is 0.306 e. The number of rotatable bonds is 8. The molecule has 1 heterocycles. The highest BCUT2D eigenvalue weighted by molar-refractivity contribution is 5.76. The molecule has 3 aromatic rings. The van der Waals surface area contributed by atoms with Gasteiger partial charge in [-0.25, -0.2) is 9.37 Å². The van der Waals surface area contributed by atoms with Gasteiger partial charge in [0, 0.05) is 19.0 Å². The van der Waals surface area contributed by atoms with Gasteiger partial charge in [-0.1, -0.05) is 26.0 Å². The summed E-state index contributed by atoms with van der Waals surface area (Å²) in [5, 5.41) is 0. The van der Waals surface area contributed by atoms with Gasteiger partial charge in [-0.3, -0.25) is 4.79 Å². The number of carbonyl (C=O) groups excluding carboxylic acids is 1. The van der Waals surface area contributed by atoms with Gasteiger partial charge in [0.1, 0.15) is 17.4 Å². The van der Waals surface area contributed by atoms with Gasteiger partial charge in [0.15, 0.2) is 0 Å². The molecule has 0 amide bonds. The van der Waals surface area contributed by atoms with Gasteiger partial charge in [-0.05, 0) is 42.2 Å². The van der Waals surface area contributed by atoms with Crippen molar-refractivity contribution in [2.45, 2.75) is 40.2 Å². The van der Waals surface area contributed by atoms with E-state index >= 15 is 0 Å². The Morgan fingerprint density at radius 2 is 1.90 bits per heavy atom. The number of carbonyl (C=O) groups is 1. The fourth-order valence-electron chi connectivity index (χ4n) is 3.47. The van der Waals surface area contributed by atoms with Crippen LogP contribution in [0, 0.1) is 11.2 Å². The Morgan fingerprint density at radius 1 is 1.17 bits per heavy atom. The molecule has 0 saturated heterocycles. The predicted octanol–water partition coefficient (Wildman–Crippen LogP) is 4.75. The second kappa shape index (κ2) is 8.64. The summed E-state index contributed by atoms with van der Waals surface area (Å²) in [5.41, 5.74) is 2.22. The van der Waals surface area contributed by atoms with Gasteiger partial charge in [-0.15, -0.1) is 0 Å². The topological polar surface area (TPSA) is 53.3 Å². The van der Waals surface area contributed by atoms with Gasteiger partial charge in [0.05, 0.1) is 31.2 Å². The summed E-state index contributed by atoms with van der Waals surface area (Å²) in [4.78, 5) is 16.7. The van der Waals surface area contributed by atoms with Crippen LogP contribution in [0.1, 0.15) is 38.6 Å². The minimum Gasteiger partial charge on any atom is -0.497 e. The second-order valence-electron chi connectivity index (χ2n) is 7.92. The molecule has 0 aliphatic rings. The first-order valence-electron chi connectivity index (χ1n) is 9.74. The molecule has 29 heavy (non-hydrogen) atoms. The number of fused-ring (bicyclic) bond motifs is 1. The first kappa shape index (κ1) is 20.8. The van der Waals surface area contributed by atoms with Crippen molar-refractivity contribution in [3.63, 3.8) is 0 Å². The average Bonchev–Trinajstić information content (AvgIpc) is 2.97. The van der Waals surface area contributed by atoms with Gasteiger partial charge in [0.25, 0.3) is 0 Å². The molecule has 0 atom stereocenters. The van der Waals surface area contributed by atoms with Gasteiger partial charge >= 0.3 is 5.97 Å². The van der Waals surface area contributed by atoms with Crippen molar-refractivity contribution in [3.05, 3.63) is 59.7 Å². The van der Waals surface area contributed by atoms with Crippen LogP contribution in [-0.4, -0.2) is 29.2 Å². The van der Waals surface area contributed by atoms with Crippen LogP contribution in [0.5, 0.6) is 5.75 Å². The predicted molar refractivity (Wildman–Crippen MR) is 111 cm³/mol. The van der Waals surface area contributed by atoms with Crippen molar-refractivity contribution in [2.24, 2.45) is 5.41 Å². The molecule has 0 fully saturated rings. The maximum absolute atomic E-state index is 13.8. The molecule has 3 rings (SSSR count). The van der Waals surface area contributed by atoms with Crippen LogP contribution in [0.15, 0.2) is 42.5 Å². The van der Waals surface area contributed by atoms with E-state index in [2.05, 4.69) is 9.55 Å². The highest BCUT2D eigenvalue weighted by Crippen LogP contribution is 2.29. The van der Waals surface area contributed by atoms with E-state index in [-0.39, 0.29) is 17.2 Å².